The summed E-state index contributed by atoms with van der Waals surface area (Å²) < 4.78 is 33.3. The van der Waals surface area contributed by atoms with Crippen molar-refractivity contribution in [1.82, 2.24) is 9.55 Å². The molecule has 23 heavy (non-hydrogen) atoms. The number of benzene rings is 1. The van der Waals surface area contributed by atoms with Crippen molar-refractivity contribution in [3.05, 3.63) is 42.4 Å². The fourth-order valence-corrected chi connectivity index (χ4v) is 3.64. The van der Waals surface area contributed by atoms with E-state index in [1.165, 1.54) is 12.5 Å². The highest BCUT2D eigenvalue weighted by Crippen LogP contribution is 2.26. The number of carbonyl (C=O) groups excluding carboxylic acids is 1. The van der Waals surface area contributed by atoms with Crippen LogP contribution in [0, 0.1) is 0 Å². The van der Waals surface area contributed by atoms with E-state index in [4.69, 9.17) is 4.74 Å². The van der Waals surface area contributed by atoms with Crippen molar-refractivity contribution in [3.63, 3.8) is 0 Å². The number of hydrogen-bond donors (Lipinski definition) is 0. The number of esters is 1. The van der Waals surface area contributed by atoms with E-state index in [-0.39, 0.29) is 29.4 Å². The van der Waals surface area contributed by atoms with E-state index >= 15 is 0 Å². The molecule has 2 rings (SSSR count). The van der Waals surface area contributed by atoms with Crippen molar-refractivity contribution in [1.29, 1.82) is 0 Å². The Bertz CT molecular complexity index is 799. The number of nitrogens with zero attached hydrogens (tertiary/aromatic N) is 3. The average Bonchev–Trinajstić information content (AvgIpc) is 2.96. The molecule has 8 heteroatoms. The van der Waals surface area contributed by atoms with Gasteiger partial charge in [-0.2, -0.15) is 8.42 Å². The summed E-state index contributed by atoms with van der Waals surface area (Å²) in [5.74, 6) is -0.558. The Kier molecular flexibility index (Phi) is 5.05. The second-order valence-corrected chi connectivity index (χ2v) is 6.59. The van der Waals surface area contributed by atoms with Crippen molar-refractivity contribution in [2.24, 2.45) is 7.05 Å². The highest BCUT2D eigenvalue weighted by atomic mass is 32.2. The number of sulfonamides is 1. The summed E-state index contributed by atoms with van der Waals surface area (Å²) in [7, 11) is -2.17. The van der Waals surface area contributed by atoms with E-state index in [0.29, 0.717) is 0 Å². The van der Waals surface area contributed by atoms with Gasteiger partial charge in [-0.25, -0.2) is 9.78 Å². The minimum Gasteiger partial charge on any atom is -0.462 e. The molecule has 7 nitrogen and oxygen atoms in total. The smallest absolute Gasteiger partial charge is 0.340 e. The Hall–Kier alpha value is -2.35. The molecule has 0 spiro atoms. The van der Waals surface area contributed by atoms with Crippen molar-refractivity contribution in [2.75, 3.05) is 17.5 Å². The fourth-order valence-electron chi connectivity index (χ4n) is 2.18. The minimum atomic E-state index is -3.86. The number of aryl methyl sites for hydroxylation is 1. The Morgan fingerprint density at radius 2 is 2.00 bits per heavy atom. The summed E-state index contributed by atoms with van der Waals surface area (Å²) in [6.45, 7) is 3.77. The topological polar surface area (TPSA) is 81.5 Å². The molecule has 2 aromatic rings. The molecule has 0 saturated heterocycles. The van der Waals surface area contributed by atoms with Crippen LogP contribution in [0.15, 0.2) is 41.8 Å². The van der Waals surface area contributed by atoms with Gasteiger partial charge >= 0.3 is 5.97 Å². The first-order valence-electron chi connectivity index (χ1n) is 7.18. The Labute approximate surface area is 135 Å². The average molecular weight is 337 g/mol. The highest BCUT2D eigenvalue weighted by Gasteiger charge is 2.29. The molecule has 0 radical (unpaired) electrons. The number of rotatable bonds is 6. The zero-order chi connectivity index (χ0) is 17.0. The van der Waals surface area contributed by atoms with Crippen LogP contribution in [-0.4, -0.2) is 37.1 Å². The molecule has 0 bridgehead atoms. The van der Waals surface area contributed by atoms with Gasteiger partial charge in [-0.05, 0) is 26.0 Å². The van der Waals surface area contributed by atoms with Crippen LogP contribution < -0.4 is 4.31 Å². The summed E-state index contributed by atoms with van der Waals surface area (Å²) in [6, 6.07) is 6.46. The van der Waals surface area contributed by atoms with Gasteiger partial charge in [-0.1, -0.05) is 12.1 Å². The lowest BCUT2D eigenvalue weighted by molar-refractivity contribution is 0.0527. The summed E-state index contributed by atoms with van der Waals surface area (Å²) >= 11 is 0. The minimum absolute atomic E-state index is 0.0690. The standard InChI is InChI=1S/C15H19N3O4S/c1-4-18(23(20,21)14-10-17(3)11-16-14)13-9-7-6-8-12(13)15(19)22-5-2/h6-11H,4-5H2,1-3H3. The van der Waals surface area contributed by atoms with Gasteiger partial charge in [0.05, 0.1) is 24.2 Å². The van der Waals surface area contributed by atoms with E-state index in [1.54, 1.807) is 49.7 Å². The number of aromatic nitrogens is 2. The Balaban J connectivity index is 2.52. The molecule has 0 aliphatic carbocycles. The van der Waals surface area contributed by atoms with Gasteiger partial charge in [0.2, 0.25) is 0 Å². The second kappa shape index (κ2) is 6.82. The number of imidazole rings is 1. The van der Waals surface area contributed by atoms with E-state index in [0.717, 1.165) is 4.31 Å². The molecule has 0 unspecified atom stereocenters. The van der Waals surface area contributed by atoms with Crippen molar-refractivity contribution in [2.45, 2.75) is 18.9 Å². The van der Waals surface area contributed by atoms with Crippen LogP contribution in [0.1, 0.15) is 24.2 Å². The lowest BCUT2D eigenvalue weighted by atomic mass is 10.2. The monoisotopic (exact) mass is 337 g/mol. The predicted molar refractivity (Wildman–Crippen MR) is 85.8 cm³/mol. The molecule has 1 aromatic heterocycles. The van der Waals surface area contributed by atoms with Gasteiger partial charge in [0, 0.05) is 19.8 Å². The summed E-state index contributed by atoms with van der Waals surface area (Å²) in [5, 5.41) is -0.0690. The molecule has 1 heterocycles. The lowest BCUT2D eigenvalue weighted by Gasteiger charge is -2.23. The summed E-state index contributed by atoms with van der Waals surface area (Å²) in [6.07, 6.45) is 2.84. The van der Waals surface area contributed by atoms with Gasteiger partial charge in [-0.3, -0.25) is 4.31 Å². The van der Waals surface area contributed by atoms with E-state index in [1.807, 2.05) is 0 Å². The zero-order valence-electron chi connectivity index (χ0n) is 13.3. The second-order valence-electron chi connectivity index (χ2n) is 4.78. The third-order valence-electron chi connectivity index (χ3n) is 3.19. The predicted octanol–water partition coefficient (Wildman–Crippen LogP) is 1.81. The van der Waals surface area contributed by atoms with Crippen LogP contribution in [0.4, 0.5) is 5.69 Å². The SMILES string of the molecule is CCOC(=O)c1ccccc1N(CC)S(=O)(=O)c1cn(C)cn1. The molecular formula is C15H19N3O4S. The van der Waals surface area contributed by atoms with Gasteiger partial charge in [0.25, 0.3) is 10.0 Å². The maximum atomic E-state index is 12.8. The third-order valence-corrected chi connectivity index (χ3v) is 4.97. The number of hydrogen-bond acceptors (Lipinski definition) is 5. The molecule has 0 saturated carbocycles. The number of carbonyl (C=O) groups is 1. The van der Waals surface area contributed by atoms with Crippen LogP contribution in [0.5, 0.6) is 0 Å². The Morgan fingerprint density at radius 1 is 1.30 bits per heavy atom. The van der Waals surface area contributed by atoms with Crippen LogP contribution in [0.2, 0.25) is 0 Å². The molecule has 0 aliphatic rings. The van der Waals surface area contributed by atoms with Crippen molar-refractivity contribution < 1.29 is 17.9 Å². The molecule has 124 valence electrons. The largest absolute Gasteiger partial charge is 0.462 e. The quantitative estimate of drug-likeness (QED) is 0.751. The van der Waals surface area contributed by atoms with Crippen molar-refractivity contribution >= 4 is 21.7 Å². The normalized spacial score (nSPS) is 11.3. The molecule has 0 amide bonds. The number of ether oxygens (including phenoxy) is 1. The first-order chi connectivity index (χ1) is 10.9. The lowest BCUT2D eigenvalue weighted by Crippen LogP contribution is -2.32. The van der Waals surface area contributed by atoms with E-state index in [2.05, 4.69) is 4.98 Å². The van der Waals surface area contributed by atoms with Crippen LogP contribution in [0.25, 0.3) is 0 Å². The van der Waals surface area contributed by atoms with Gasteiger partial charge in [0.15, 0.2) is 5.03 Å². The van der Waals surface area contributed by atoms with Crippen LogP contribution >= 0.6 is 0 Å². The van der Waals surface area contributed by atoms with Gasteiger partial charge in [0.1, 0.15) is 0 Å². The molecule has 0 N–H and O–H groups in total. The number of anilines is 1. The molecule has 1 aromatic carbocycles. The first kappa shape index (κ1) is 17.0. The van der Waals surface area contributed by atoms with Gasteiger partial charge < -0.3 is 9.30 Å². The van der Waals surface area contributed by atoms with Crippen LogP contribution in [0.3, 0.4) is 0 Å². The van der Waals surface area contributed by atoms with E-state index in [9.17, 15) is 13.2 Å². The summed E-state index contributed by atoms with van der Waals surface area (Å²) in [5.41, 5.74) is 0.481. The maximum Gasteiger partial charge on any atom is 0.340 e. The Morgan fingerprint density at radius 3 is 2.57 bits per heavy atom. The van der Waals surface area contributed by atoms with Crippen LogP contribution in [-0.2, 0) is 21.8 Å². The van der Waals surface area contributed by atoms with Crippen molar-refractivity contribution in [3.8, 4) is 0 Å². The molecule has 0 atom stereocenters. The summed E-state index contributed by atoms with van der Waals surface area (Å²) in [4.78, 5) is 16.0. The first-order valence-corrected chi connectivity index (χ1v) is 8.62. The maximum absolute atomic E-state index is 12.8. The van der Waals surface area contributed by atoms with E-state index < -0.39 is 16.0 Å². The number of para-hydroxylation sites is 1. The highest BCUT2D eigenvalue weighted by molar-refractivity contribution is 7.92. The molecule has 0 aliphatic heterocycles. The molecular weight excluding hydrogens is 318 g/mol. The third kappa shape index (κ3) is 3.37. The fraction of sp³-hybridized carbons (Fsp3) is 0.333. The zero-order valence-corrected chi connectivity index (χ0v) is 14.1. The van der Waals surface area contributed by atoms with Gasteiger partial charge in [-0.15, -0.1) is 0 Å². The molecule has 0 fully saturated rings.